The van der Waals surface area contributed by atoms with Crippen LogP contribution >= 0.6 is 0 Å². The molecular weight excluding hydrogens is 504 g/mol. The minimum atomic E-state index is -0.432. The average molecular weight is 537 g/mol. The van der Waals surface area contributed by atoms with E-state index >= 15 is 0 Å². The van der Waals surface area contributed by atoms with Gasteiger partial charge in [0.05, 0.1) is 0 Å². The Morgan fingerprint density at radius 3 is 1.40 bits per heavy atom. The summed E-state index contributed by atoms with van der Waals surface area (Å²) in [5.74, 6) is 0.304. The highest BCUT2D eigenvalue weighted by Crippen LogP contribution is 2.38. The second-order valence-electron chi connectivity index (χ2n) is 9.80. The van der Waals surface area contributed by atoms with E-state index in [-0.39, 0.29) is 25.4 Å². The third-order valence-corrected chi connectivity index (χ3v) is 6.98. The Balaban J connectivity index is 1.20. The summed E-state index contributed by atoms with van der Waals surface area (Å²) in [4.78, 5) is 24.8. The molecule has 0 N–H and O–H groups in total. The quantitative estimate of drug-likeness (QED) is 0.207. The Morgan fingerprint density at radius 1 is 0.600 bits per heavy atom. The van der Waals surface area contributed by atoms with Gasteiger partial charge in [0.1, 0.15) is 23.7 Å². The van der Waals surface area contributed by atoms with Crippen LogP contribution in [0.4, 0.5) is 0 Å². The third-order valence-electron chi connectivity index (χ3n) is 6.98. The molecule has 40 heavy (non-hydrogen) atoms. The van der Waals surface area contributed by atoms with E-state index in [0.717, 1.165) is 35.1 Å². The molecule has 1 aliphatic rings. The summed E-state index contributed by atoms with van der Waals surface area (Å²) in [5.41, 5.74) is 6.28. The maximum atomic E-state index is 12.4. The fourth-order valence-corrected chi connectivity index (χ4v) is 4.83. The fraction of sp³-hybridized carbons (Fsp3) is 0.235. The van der Waals surface area contributed by atoms with Crippen LogP contribution in [0.2, 0.25) is 0 Å². The predicted molar refractivity (Wildman–Crippen MR) is 152 cm³/mol. The molecule has 204 valence electrons. The van der Waals surface area contributed by atoms with Crippen molar-refractivity contribution in [3.8, 4) is 22.6 Å². The minimum absolute atomic E-state index is 0.185. The molecular formula is C34H32O6. The Labute approximate surface area is 234 Å². The molecule has 2 atom stereocenters. The van der Waals surface area contributed by atoms with E-state index in [0.29, 0.717) is 11.5 Å². The zero-order valence-corrected chi connectivity index (χ0v) is 22.7. The second kappa shape index (κ2) is 12.5. The molecule has 0 aliphatic heterocycles. The molecule has 0 saturated carbocycles. The summed E-state index contributed by atoms with van der Waals surface area (Å²) in [6.45, 7) is 3.31. The highest BCUT2D eigenvalue weighted by molar-refractivity contribution is 5.76. The lowest BCUT2D eigenvalue weighted by Gasteiger charge is -2.22. The normalized spacial score (nSPS) is 13.2. The molecule has 6 heteroatoms. The van der Waals surface area contributed by atoms with Gasteiger partial charge in [0.15, 0.2) is 13.2 Å². The first-order valence-electron chi connectivity index (χ1n) is 13.5. The smallest absolute Gasteiger partial charge is 0.344 e. The maximum absolute atomic E-state index is 12.4. The van der Waals surface area contributed by atoms with Gasteiger partial charge in [-0.15, -0.1) is 0 Å². The monoisotopic (exact) mass is 536 g/mol. The molecule has 2 unspecified atom stereocenters. The van der Waals surface area contributed by atoms with E-state index < -0.39 is 11.9 Å². The van der Waals surface area contributed by atoms with Gasteiger partial charge in [0, 0.05) is 0 Å². The number of esters is 2. The first-order valence-corrected chi connectivity index (χ1v) is 13.5. The second-order valence-corrected chi connectivity index (χ2v) is 9.80. The van der Waals surface area contributed by atoms with E-state index in [1.807, 2.05) is 111 Å². The molecule has 6 nitrogen and oxygen atoms in total. The van der Waals surface area contributed by atoms with Gasteiger partial charge in [-0.05, 0) is 84.3 Å². The number of fused-ring (bicyclic) bond motifs is 3. The molecule has 0 amide bonds. The summed E-state index contributed by atoms with van der Waals surface area (Å²) < 4.78 is 22.6. The van der Waals surface area contributed by atoms with E-state index in [2.05, 4.69) is 0 Å². The first-order chi connectivity index (χ1) is 19.5. The van der Waals surface area contributed by atoms with Crippen molar-refractivity contribution in [3.63, 3.8) is 0 Å². The van der Waals surface area contributed by atoms with Gasteiger partial charge >= 0.3 is 11.9 Å². The van der Waals surface area contributed by atoms with Gasteiger partial charge < -0.3 is 18.9 Å². The summed E-state index contributed by atoms with van der Waals surface area (Å²) >= 11 is 0. The number of aryl methyl sites for hydroxylation is 2. The molecule has 0 fully saturated rings. The van der Waals surface area contributed by atoms with Gasteiger partial charge in [-0.2, -0.15) is 0 Å². The topological polar surface area (TPSA) is 71.1 Å². The molecule has 0 radical (unpaired) electrons. The molecule has 0 aromatic heterocycles. The number of carbonyl (C=O) groups excluding carboxylic acids is 2. The highest BCUT2D eigenvalue weighted by Gasteiger charge is 2.19. The molecule has 0 heterocycles. The van der Waals surface area contributed by atoms with Gasteiger partial charge in [-0.1, -0.05) is 72.8 Å². The minimum Gasteiger partial charge on any atom is -0.482 e. The average Bonchev–Trinajstić information content (AvgIpc) is 2.99. The maximum Gasteiger partial charge on any atom is 0.344 e. The van der Waals surface area contributed by atoms with Crippen molar-refractivity contribution in [2.45, 2.75) is 38.9 Å². The van der Waals surface area contributed by atoms with E-state index in [1.165, 1.54) is 11.1 Å². The van der Waals surface area contributed by atoms with Crippen LogP contribution < -0.4 is 9.47 Å². The van der Waals surface area contributed by atoms with Gasteiger partial charge in [-0.3, -0.25) is 0 Å². The van der Waals surface area contributed by atoms with Gasteiger partial charge in [-0.25, -0.2) is 9.59 Å². The fourth-order valence-electron chi connectivity index (χ4n) is 4.83. The summed E-state index contributed by atoms with van der Waals surface area (Å²) in [6, 6.07) is 30.9. The molecule has 1 aliphatic carbocycles. The van der Waals surface area contributed by atoms with Crippen LogP contribution in [0.5, 0.6) is 11.5 Å². The number of ether oxygens (including phenoxy) is 4. The molecule has 5 rings (SSSR count). The van der Waals surface area contributed by atoms with Crippen molar-refractivity contribution in [2.24, 2.45) is 0 Å². The highest BCUT2D eigenvalue weighted by atomic mass is 16.6. The van der Waals surface area contributed by atoms with Gasteiger partial charge in [0.25, 0.3) is 0 Å². The molecule has 0 spiro atoms. The summed E-state index contributed by atoms with van der Waals surface area (Å²) in [6.07, 6.45) is 1.10. The van der Waals surface area contributed by atoms with Crippen LogP contribution in [0.3, 0.4) is 0 Å². The molecule has 4 aromatic carbocycles. The van der Waals surface area contributed by atoms with Crippen molar-refractivity contribution >= 4 is 11.9 Å². The number of hydrogen-bond acceptors (Lipinski definition) is 6. The Bertz CT molecular complexity index is 1350. The molecule has 0 saturated heterocycles. The van der Waals surface area contributed by atoms with Crippen LogP contribution in [-0.2, 0) is 31.9 Å². The van der Waals surface area contributed by atoms with E-state index in [1.54, 1.807) is 0 Å². The van der Waals surface area contributed by atoms with E-state index in [9.17, 15) is 9.59 Å². The lowest BCUT2D eigenvalue weighted by molar-refractivity contribution is -0.151. The number of carbonyl (C=O) groups is 2. The van der Waals surface area contributed by atoms with Crippen molar-refractivity contribution in [2.75, 3.05) is 13.2 Å². The van der Waals surface area contributed by atoms with Gasteiger partial charge in [0.2, 0.25) is 0 Å². The Morgan fingerprint density at radius 2 is 1.00 bits per heavy atom. The standard InChI is InChI=1S/C34H32O6/c1-23(25-9-5-3-6-10-25)39-33(35)21-37-29-17-15-27-13-14-28-16-18-30(20-32(28)31(27)19-29)38-22-34(36)40-24(2)26-11-7-4-8-12-26/h3-12,15-20,23-24H,13-14,21-22H2,1-2H3. The largest absolute Gasteiger partial charge is 0.482 e. The van der Waals surface area contributed by atoms with Crippen LogP contribution in [-0.4, -0.2) is 25.2 Å². The number of benzene rings is 4. The third kappa shape index (κ3) is 6.70. The van der Waals surface area contributed by atoms with Crippen molar-refractivity contribution in [1.82, 2.24) is 0 Å². The zero-order chi connectivity index (χ0) is 27.9. The Hall–Kier alpha value is -4.58. The van der Waals surface area contributed by atoms with E-state index in [4.69, 9.17) is 18.9 Å². The lowest BCUT2D eigenvalue weighted by atomic mass is 9.85. The van der Waals surface area contributed by atoms with Crippen molar-refractivity contribution in [1.29, 1.82) is 0 Å². The predicted octanol–water partition coefficient (Wildman–Crippen LogP) is 6.82. The van der Waals surface area contributed by atoms with Crippen molar-refractivity contribution in [3.05, 3.63) is 119 Å². The Kier molecular flexibility index (Phi) is 8.45. The van der Waals surface area contributed by atoms with Crippen molar-refractivity contribution < 1.29 is 28.5 Å². The van der Waals surface area contributed by atoms with Crippen LogP contribution in [0, 0.1) is 0 Å². The van der Waals surface area contributed by atoms with Crippen LogP contribution in [0.15, 0.2) is 97.1 Å². The summed E-state index contributed by atoms with van der Waals surface area (Å²) in [5, 5.41) is 0. The molecule has 4 aromatic rings. The SMILES string of the molecule is CC(OC(=O)COc1ccc2c(c1)-c1cc(OCC(=O)OC(C)c3ccccc3)ccc1CC2)c1ccccc1. The molecule has 0 bridgehead atoms. The zero-order valence-electron chi connectivity index (χ0n) is 22.7. The summed E-state index contributed by atoms with van der Waals surface area (Å²) in [7, 11) is 0. The lowest BCUT2D eigenvalue weighted by Crippen LogP contribution is -2.17. The van der Waals surface area contributed by atoms with Crippen LogP contribution in [0.25, 0.3) is 11.1 Å². The number of hydrogen-bond donors (Lipinski definition) is 0. The van der Waals surface area contributed by atoms with Crippen LogP contribution in [0.1, 0.15) is 48.3 Å². The first kappa shape index (κ1) is 27.0. The number of rotatable bonds is 10.